The zero-order chi connectivity index (χ0) is 28.2. The number of piperidine rings is 2. The number of likely N-dealkylation sites (N-methyl/N-ethyl adjacent to an activating group) is 1. The van der Waals surface area contributed by atoms with Gasteiger partial charge in [-0.3, -0.25) is 9.69 Å². The van der Waals surface area contributed by atoms with Crippen molar-refractivity contribution in [1.82, 2.24) is 14.7 Å². The van der Waals surface area contributed by atoms with Crippen molar-refractivity contribution in [1.29, 1.82) is 0 Å². The molecule has 4 atom stereocenters. The molecule has 226 valence electrons. The minimum absolute atomic E-state index is 0.0224. The number of hydrogen-bond acceptors (Lipinski definition) is 3. The normalized spacial score (nSPS) is 30.3. The topological polar surface area (TPSA) is 26.8 Å². The summed E-state index contributed by atoms with van der Waals surface area (Å²) in [5, 5.41) is 0. The van der Waals surface area contributed by atoms with Crippen LogP contribution in [0.1, 0.15) is 89.9 Å². The summed E-state index contributed by atoms with van der Waals surface area (Å²) in [6.45, 7) is 4.18. The lowest BCUT2D eigenvalue weighted by Gasteiger charge is -2.45. The maximum absolute atomic E-state index is 13.9. The molecule has 2 saturated carbocycles. The third-order valence-electron chi connectivity index (χ3n) is 10.2. The lowest BCUT2D eigenvalue weighted by molar-refractivity contribution is -0.234. The van der Waals surface area contributed by atoms with Gasteiger partial charge < -0.3 is 9.80 Å². The van der Waals surface area contributed by atoms with E-state index >= 15 is 0 Å². The van der Waals surface area contributed by atoms with Gasteiger partial charge in [0.25, 0.3) is 0 Å². The molecule has 39 heavy (non-hydrogen) atoms. The molecule has 0 aromatic rings. The standard InChI is InChI=1S/C29H47F6N3O/c1-36(17-12-21-10-11-23(28(30,31)32)20-25(21)29(33,34)35)27(39)26(22-8-4-2-5-9-22)38-18-13-24(14-19-38)37-15-6-3-7-16-37/h21-26H,2-20H2,1H3. The van der Waals surface area contributed by atoms with E-state index in [0.29, 0.717) is 6.04 Å². The Balaban J connectivity index is 1.37. The van der Waals surface area contributed by atoms with Crippen molar-refractivity contribution in [3.8, 4) is 0 Å². The molecule has 10 heteroatoms. The average Bonchev–Trinajstić information content (AvgIpc) is 2.92. The average molecular weight is 568 g/mol. The highest BCUT2D eigenvalue weighted by molar-refractivity contribution is 5.82. The molecule has 4 aliphatic rings. The maximum Gasteiger partial charge on any atom is 0.392 e. The first-order valence-corrected chi connectivity index (χ1v) is 15.3. The van der Waals surface area contributed by atoms with Crippen LogP contribution in [0.5, 0.6) is 0 Å². The lowest BCUT2D eigenvalue weighted by Crippen LogP contribution is -2.56. The summed E-state index contributed by atoms with van der Waals surface area (Å²) < 4.78 is 80.9. The number of carbonyl (C=O) groups excluding carboxylic acids is 1. The predicted molar refractivity (Wildman–Crippen MR) is 139 cm³/mol. The van der Waals surface area contributed by atoms with E-state index in [2.05, 4.69) is 9.80 Å². The largest absolute Gasteiger partial charge is 0.392 e. The van der Waals surface area contributed by atoms with Crippen LogP contribution in [0.15, 0.2) is 0 Å². The van der Waals surface area contributed by atoms with E-state index in [4.69, 9.17) is 0 Å². The first kappa shape index (κ1) is 30.9. The van der Waals surface area contributed by atoms with Crippen LogP contribution in [0.3, 0.4) is 0 Å². The highest BCUT2D eigenvalue weighted by Gasteiger charge is 2.53. The van der Waals surface area contributed by atoms with Crippen LogP contribution in [0, 0.1) is 23.7 Å². The van der Waals surface area contributed by atoms with Gasteiger partial charge in [-0.25, -0.2) is 0 Å². The quantitative estimate of drug-likeness (QED) is 0.314. The highest BCUT2D eigenvalue weighted by Crippen LogP contribution is 2.49. The third-order valence-corrected chi connectivity index (χ3v) is 10.2. The van der Waals surface area contributed by atoms with E-state index in [-0.39, 0.29) is 43.7 Å². The summed E-state index contributed by atoms with van der Waals surface area (Å²) in [6, 6.07) is 0.310. The van der Waals surface area contributed by atoms with Crippen LogP contribution < -0.4 is 0 Å². The first-order chi connectivity index (χ1) is 18.4. The Morgan fingerprint density at radius 2 is 1.41 bits per heavy atom. The van der Waals surface area contributed by atoms with Crippen molar-refractivity contribution in [2.45, 2.75) is 114 Å². The number of amides is 1. The van der Waals surface area contributed by atoms with E-state index in [1.165, 1.54) is 25.7 Å². The molecule has 2 saturated heterocycles. The third kappa shape index (κ3) is 8.04. The molecule has 4 rings (SSSR count). The van der Waals surface area contributed by atoms with Crippen LogP contribution in [-0.2, 0) is 4.79 Å². The van der Waals surface area contributed by atoms with E-state index < -0.39 is 36.5 Å². The molecule has 0 spiro atoms. The van der Waals surface area contributed by atoms with Crippen LogP contribution in [0.4, 0.5) is 26.3 Å². The maximum atomic E-state index is 13.9. The number of nitrogens with zero attached hydrogens (tertiary/aromatic N) is 3. The molecular weight excluding hydrogens is 520 g/mol. The van der Waals surface area contributed by atoms with Gasteiger partial charge in [-0.05, 0) is 89.1 Å². The van der Waals surface area contributed by atoms with Crippen molar-refractivity contribution in [2.75, 3.05) is 39.8 Å². The number of halogens is 6. The van der Waals surface area contributed by atoms with Gasteiger partial charge in [0.05, 0.1) is 17.9 Å². The molecule has 2 aliphatic carbocycles. The summed E-state index contributed by atoms with van der Waals surface area (Å²) in [6.07, 6.45) is 0.777. The van der Waals surface area contributed by atoms with Crippen molar-refractivity contribution >= 4 is 5.91 Å². The van der Waals surface area contributed by atoms with Gasteiger partial charge in [0.15, 0.2) is 0 Å². The Bertz CT molecular complexity index is 770. The van der Waals surface area contributed by atoms with E-state index in [1.54, 1.807) is 11.9 Å². The van der Waals surface area contributed by atoms with Crippen molar-refractivity contribution < 1.29 is 31.1 Å². The van der Waals surface area contributed by atoms with Crippen LogP contribution in [0.25, 0.3) is 0 Å². The fraction of sp³-hybridized carbons (Fsp3) is 0.966. The molecule has 0 aromatic heterocycles. The Kier molecular flexibility index (Phi) is 10.5. The van der Waals surface area contributed by atoms with E-state index in [9.17, 15) is 31.1 Å². The highest BCUT2D eigenvalue weighted by atomic mass is 19.4. The molecule has 4 nitrogen and oxygen atoms in total. The fourth-order valence-electron chi connectivity index (χ4n) is 7.89. The van der Waals surface area contributed by atoms with Gasteiger partial charge in [0.1, 0.15) is 0 Å². The van der Waals surface area contributed by atoms with Crippen LogP contribution >= 0.6 is 0 Å². The van der Waals surface area contributed by atoms with Gasteiger partial charge in [-0.15, -0.1) is 0 Å². The van der Waals surface area contributed by atoms with Crippen molar-refractivity contribution in [3.63, 3.8) is 0 Å². The van der Waals surface area contributed by atoms with Crippen LogP contribution in [-0.4, -0.2) is 84.8 Å². The molecule has 0 N–H and O–H groups in total. The molecule has 2 heterocycles. The minimum atomic E-state index is -4.67. The zero-order valence-electron chi connectivity index (χ0n) is 23.4. The van der Waals surface area contributed by atoms with Gasteiger partial charge in [0, 0.05) is 32.7 Å². The Hall–Kier alpha value is -1.03. The van der Waals surface area contributed by atoms with Gasteiger partial charge >= 0.3 is 12.4 Å². The summed E-state index contributed by atoms with van der Waals surface area (Å²) >= 11 is 0. The van der Waals surface area contributed by atoms with Gasteiger partial charge in [-0.1, -0.05) is 25.7 Å². The Morgan fingerprint density at radius 1 is 0.795 bits per heavy atom. The van der Waals surface area contributed by atoms with E-state index in [0.717, 1.165) is 64.7 Å². The number of alkyl halides is 6. The second-order valence-corrected chi connectivity index (χ2v) is 12.7. The molecule has 2 aliphatic heterocycles. The number of rotatable bonds is 7. The van der Waals surface area contributed by atoms with Gasteiger partial charge in [-0.2, -0.15) is 26.3 Å². The van der Waals surface area contributed by atoms with Gasteiger partial charge in [0.2, 0.25) is 5.91 Å². The van der Waals surface area contributed by atoms with Crippen molar-refractivity contribution in [2.24, 2.45) is 23.7 Å². The Morgan fingerprint density at radius 3 is 2.00 bits per heavy atom. The summed E-state index contributed by atoms with van der Waals surface area (Å²) in [5.74, 6) is -4.52. The molecule has 0 radical (unpaired) electrons. The number of likely N-dealkylation sites (tertiary alicyclic amines) is 2. The van der Waals surface area contributed by atoms with E-state index in [1.807, 2.05) is 0 Å². The molecule has 1 amide bonds. The second-order valence-electron chi connectivity index (χ2n) is 12.7. The Labute approximate surface area is 229 Å². The van der Waals surface area contributed by atoms with Crippen LogP contribution in [0.2, 0.25) is 0 Å². The summed E-state index contributed by atoms with van der Waals surface area (Å²) in [4.78, 5) is 20.4. The zero-order valence-corrected chi connectivity index (χ0v) is 23.4. The molecular formula is C29H47F6N3O. The number of carbonyl (C=O) groups is 1. The summed E-state index contributed by atoms with van der Waals surface area (Å²) in [5.41, 5.74) is 0. The molecule has 0 bridgehead atoms. The SMILES string of the molecule is CN(CCC1CCC(C(F)(F)F)CC1C(F)(F)F)C(=O)C(C1CCCCC1)N1CCC(N2CCCCC2)CC1. The summed E-state index contributed by atoms with van der Waals surface area (Å²) in [7, 11) is 1.67. The molecule has 4 fully saturated rings. The van der Waals surface area contributed by atoms with Crippen molar-refractivity contribution in [3.05, 3.63) is 0 Å². The first-order valence-electron chi connectivity index (χ1n) is 15.3. The number of hydrogen-bond donors (Lipinski definition) is 0. The second kappa shape index (κ2) is 13.3. The molecule has 0 aromatic carbocycles. The predicted octanol–water partition coefficient (Wildman–Crippen LogP) is 6.89. The smallest absolute Gasteiger partial charge is 0.344 e. The molecule has 4 unspecified atom stereocenters. The fourth-order valence-corrected chi connectivity index (χ4v) is 7.89. The monoisotopic (exact) mass is 567 g/mol. The lowest BCUT2D eigenvalue weighted by atomic mass is 9.72. The minimum Gasteiger partial charge on any atom is -0.344 e.